The van der Waals surface area contributed by atoms with E-state index in [9.17, 15) is 4.39 Å². The van der Waals surface area contributed by atoms with Gasteiger partial charge >= 0.3 is 0 Å². The fourth-order valence-corrected chi connectivity index (χ4v) is 2.07. The molecular formula is C12H6Cl3F. The van der Waals surface area contributed by atoms with Crippen molar-refractivity contribution in [2.75, 3.05) is 0 Å². The van der Waals surface area contributed by atoms with Gasteiger partial charge in [0.25, 0.3) is 0 Å². The molecule has 2 aromatic rings. The van der Waals surface area contributed by atoms with E-state index in [-0.39, 0.29) is 5.82 Å². The van der Waals surface area contributed by atoms with E-state index in [2.05, 4.69) is 0 Å². The van der Waals surface area contributed by atoms with Crippen LogP contribution in [0, 0.1) is 5.82 Å². The van der Waals surface area contributed by atoms with E-state index >= 15 is 0 Å². The van der Waals surface area contributed by atoms with Gasteiger partial charge in [0.2, 0.25) is 0 Å². The summed E-state index contributed by atoms with van der Waals surface area (Å²) in [6.07, 6.45) is 0. The molecule has 2 rings (SSSR count). The van der Waals surface area contributed by atoms with Crippen molar-refractivity contribution in [1.29, 1.82) is 0 Å². The molecule has 0 atom stereocenters. The maximum absolute atomic E-state index is 12.9. The van der Waals surface area contributed by atoms with Gasteiger partial charge in [-0.05, 0) is 36.4 Å². The van der Waals surface area contributed by atoms with Crippen molar-refractivity contribution >= 4 is 34.8 Å². The molecule has 0 fully saturated rings. The standard InChI is InChI=1S/C12H6Cl3F/c13-7-1-4-11(14)10(5-7)9-3-2-8(16)6-12(9)15/h1-6H. The Kier molecular flexibility index (Phi) is 3.38. The number of benzene rings is 2. The molecule has 0 bridgehead atoms. The van der Waals surface area contributed by atoms with E-state index < -0.39 is 0 Å². The maximum atomic E-state index is 12.9. The van der Waals surface area contributed by atoms with Crippen LogP contribution in [0.15, 0.2) is 36.4 Å². The average Bonchev–Trinajstić information content (AvgIpc) is 2.22. The SMILES string of the molecule is Fc1ccc(-c2cc(Cl)ccc2Cl)c(Cl)c1. The molecule has 0 N–H and O–H groups in total. The molecule has 16 heavy (non-hydrogen) atoms. The monoisotopic (exact) mass is 274 g/mol. The van der Waals surface area contributed by atoms with Crippen molar-refractivity contribution in [2.24, 2.45) is 0 Å². The Bertz CT molecular complexity index is 538. The van der Waals surface area contributed by atoms with Gasteiger partial charge in [-0.3, -0.25) is 0 Å². The van der Waals surface area contributed by atoms with Gasteiger partial charge in [0.1, 0.15) is 5.82 Å². The number of hydrogen-bond acceptors (Lipinski definition) is 0. The van der Waals surface area contributed by atoms with Gasteiger partial charge in [0.15, 0.2) is 0 Å². The molecule has 0 heterocycles. The van der Waals surface area contributed by atoms with Crippen molar-refractivity contribution in [2.45, 2.75) is 0 Å². The zero-order valence-corrected chi connectivity index (χ0v) is 10.2. The highest BCUT2D eigenvalue weighted by Crippen LogP contribution is 2.35. The lowest BCUT2D eigenvalue weighted by Crippen LogP contribution is -1.83. The van der Waals surface area contributed by atoms with Gasteiger partial charge in [-0.2, -0.15) is 0 Å². The predicted molar refractivity (Wildman–Crippen MR) is 66.9 cm³/mol. The van der Waals surface area contributed by atoms with Crippen LogP contribution in [0.4, 0.5) is 4.39 Å². The zero-order chi connectivity index (χ0) is 11.7. The third-order valence-corrected chi connectivity index (χ3v) is 3.03. The number of hydrogen-bond donors (Lipinski definition) is 0. The first kappa shape index (κ1) is 11.7. The lowest BCUT2D eigenvalue weighted by molar-refractivity contribution is 0.628. The molecule has 0 spiro atoms. The van der Waals surface area contributed by atoms with Gasteiger partial charge in [-0.15, -0.1) is 0 Å². The fourth-order valence-electron chi connectivity index (χ4n) is 1.41. The first-order chi connectivity index (χ1) is 7.58. The van der Waals surface area contributed by atoms with Crippen LogP contribution in [0.25, 0.3) is 11.1 Å². The summed E-state index contributed by atoms with van der Waals surface area (Å²) in [5.41, 5.74) is 1.36. The Hall–Kier alpha value is -0.760. The van der Waals surface area contributed by atoms with E-state index in [4.69, 9.17) is 34.8 Å². The molecule has 0 aliphatic carbocycles. The maximum Gasteiger partial charge on any atom is 0.124 e. The Morgan fingerprint density at radius 2 is 1.50 bits per heavy atom. The highest BCUT2D eigenvalue weighted by molar-refractivity contribution is 6.37. The van der Waals surface area contributed by atoms with Gasteiger partial charge in [-0.25, -0.2) is 4.39 Å². The van der Waals surface area contributed by atoms with Crippen LogP contribution in [0.1, 0.15) is 0 Å². The van der Waals surface area contributed by atoms with E-state index in [0.717, 1.165) is 0 Å². The summed E-state index contributed by atoms with van der Waals surface area (Å²) in [5, 5.41) is 1.39. The summed E-state index contributed by atoms with van der Waals surface area (Å²) >= 11 is 17.9. The van der Waals surface area contributed by atoms with E-state index in [1.807, 2.05) is 0 Å². The molecule has 4 heteroatoms. The minimum absolute atomic E-state index is 0.309. The molecule has 0 nitrogen and oxygen atoms in total. The molecule has 0 saturated heterocycles. The second-order valence-electron chi connectivity index (χ2n) is 3.25. The zero-order valence-electron chi connectivity index (χ0n) is 7.98. The number of halogens is 4. The molecule has 0 radical (unpaired) electrons. The van der Waals surface area contributed by atoms with E-state index in [0.29, 0.717) is 26.2 Å². The molecule has 0 aliphatic rings. The Labute approximate surface area is 108 Å². The summed E-state index contributed by atoms with van der Waals surface area (Å²) < 4.78 is 12.9. The van der Waals surface area contributed by atoms with E-state index in [1.54, 1.807) is 24.3 Å². The Morgan fingerprint density at radius 3 is 2.19 bits per heavy atom. The molecule has 0 unspecified atom stereocenters. The average molecular weight is 276 g/mol. The highest BCUT2D eigenvalue weighted by Gasteiger charge is 2.09. The minimum atomic E-state index is -0.382. The first-order valence-corrected chi connectivity index (χ1v) is 5.62. The summed E-state index contributed by atoms with van der Waals surface area (Å²) in [7, 11) is 0. The molecule has 0 aromatic heterocycles. The fraction of sp³-hybridized carbons (Fsp3) is 0. The van der Waals surface area contributed by atoms with Crippen molar-refractivity contribution < 1.29 is 4.39 Å². The van der Waals surface area contributed by atoms with Crippen LogP contribution in [-0.4, -0.2) is 0 Å². The van der Waals surface area contributed by atoms with Crippen LogP contribution in [0.3, 0.4) is 0 Å². The second kappa shape index (κ2) is 4.62. The Balaban J connectivity index is 2.62. The predicted octanol–water partition coefficient (Wildman–Crippen LogP) is 5.45. The molecule has 82 valence electrons. The largest absolute Gasteiger partial charge is 0.207 e. The summed E-state index contributed by atoms with van der Waals surface area (Å²) in [6.45, 7) is 0. The topological polar surface area (TPSA) is 0 Å². The van der Waals surface area contributed by atoms with Crippen LogP contribution in [0.2, 0.25) is 15.1 Å². The molecule has 2 aromatic carbocycles. The van der Waals surface area contributed by atoms with Gasteiger partial charge in [-0.1, -0.05) is 34.8 Å². The van der Waals surface area contributed by atoms with Crippen molar-refractivity contribution in [1.82, 2.24) is 0 Å². The van der Waals surface area contributed by atoms with Crippen molar-refractivity contribution in [3.05, 3.63) is 57.3 Å². The number of rotatable bonds is 1. The minimum Gasteiger partial charge on any atom is -0.207 e. The van der Waals surface area contributed by atoms with Gasteiger partial charge in [0, 0.05) is 21.2 Å². The van der Waals surface area contributed by atoms with E-state index in [1.165, 1.54) is 12.1 Å². The quantitative estimate of drug-likeness (QED) is 0.649. The van der Waals surface area contributed by atoms with Crippen LogP contribution in [-0.2, 0) is 0 Å². The smallest absolute Gasteiger partial charge is 0.124 e. The molecular weight excluding hydrogens is 269 g/mol. The third kappa shape index (κ3) is 2.32. The molecule has 0 saturated carbocycles. The van der Waals surface area contributed by atoms with Gasteiger partial charge < -0.3 is 0 Å². The summed E-state index contributed by atoms with van der Waals surface area (Å²) in [6, 6.07) is 9.22. The first-order valence-electron chi connectivity index (χ1n) is 4.48. The van der Waals surface area contributed by atoms with Gasteiger partial charge in [0.05, 0.1) is 5.02 Å². The molecule has 0 aliphatic heterocycles. The lowest BCUT2D eigenvalue weighted by atomic mass is 10.1. The van der Waals surface area contributed by atoms with Crippen LogP contribution >= 0.6 is 34.8 Å². The normalized spacial score (nSPS) is 10.5. The van der Waals surface area contributed by atoms with Crippen LogP contribution < -0.4 is 0 Å². The highest BCUT2D eigenvalue weighted by atomic mass is 35.5. The van der Waals surface area contributed by atoms with Crippen molar-refractivity contribution in [3.63, 3.8) is 0 Å². The summed E-state index contributed by atoms with van der Waals surface area (Å²) in [4.78, 5) is 0. The van der Waals surface area contributed by atoms with Crippen LogP contribution in [0.5, 0.6) is 0 Å². The van der Waals surface area contributed by atoms with Crippen molar-refractivity contribution in [3.8, 4) is 11.1 Å². The summed E-state index contributed by atoms with van der Waals surface area (Å²) in [5.74, 6) is -0.382. The lowest BCUT2D eigenvalue weighted by Gasteiger charge is -2.07. The third-order valence-electron chi connectivity index (χ3n) is 2.15. The Morgan fingerprint density at radius 1 is 0.750 bits per heavy atom. The molecule has 0 amide bonds. The second-order valence-corrected chi connectivity index (χ2v) is 4.50.